The topological polar surface area (TPSA) is 284 Å². The third-order valence-electron chi connectivity index (χ3n) is 4.96. The summed E-state index contributed by atoms with van der Waals surface area (Å²) in [4.78, 5) is 79.6. The number of esters is 6. The lowest BCUT2D eigenvalue weighted by Crippen LogP contribution is -2.32. The second-order valence-electron chi connectivity index (χ2n) is 9.53. The van der Waals surface area contributed by atoms with Gasteiger partial charge in [0.05, 0.1) is 88.5 Å². The Hall–Kier alpha value is -3.51. The van der Waals surface area contributed by atoms with E-state index in [1.807, 2.05) is 11.9 Å². The third kappa shape index (κ3) is 63.9. The van der Waals surface area contributed by atoms with Gasteiger partial charge in [-0.05, 0) is 48.2 Å². The SMILES string of the molecule is C.CCCN(C)CC(=O)OC.CN.COC(=O)CBr.COC(=O)CN(C)CC(=O)O.COC(=O)CN(C)CC(=O)OC.COC(=O)CN(C)CCO.[OH-]. The fourth-order valence-electron chi connectivity index (χ4n) is 2.53. The number of carboxylic acid groups (broad SMARTS) is 1. The Morgan fingerprint density at radius 3 is 0.962 bits per heavy atom. The summed E-state index contributed by atoms with van der Waals surface area (Å²) in [5.41, 5.74) is 4.50. The number of likely N-dealkylation sites (N-methyl/N-ethyl adjacent to an activating group) is 4. The molecule has 0 heterocycles. The minimum atomic E-state index is -0.962. The van der Waals surface area contributed by atoms with Crippen molar-refractivity contribution in [2.45, 2.75) is 20.8 Å². The Morgan fingerprint density at radius 1 is 0.528 bits per heavy atom. The molecule has 0 aromatic rings. The van der Waals surface area contributed by atoms with Crippen LogP contribution in [0.15, 0.2) is 0 Å². The molecule has 5 N–H and O–H groups in total. The molecule has 53 heavy (non-hydrogen) atoms. The molecule has 0 spiro atoms. The summed E-state index contributed by atoms with van der Waals surface area (Å²) in [6, 6.07) is 0. The molecule has 0 aliphatic carbocycles. The van der Waals surface area contributed by atoms with Crippen LogP contribution in [0.3, 0.4) is 0 Å². The molecule has 0 saturated heterocycles. The Balaban J connectivity index is -0.0000000788. The van der Waals surface area contributed by atoms with Crippen molar-refractivity contribution in [3.63, 3.8) is 0 Å². The number of rotatable bonds is 17. The van der Waals surface area contributed by atoms with Crippen molar-refractivity contribution < 1.29 is 77.7 Å². The summed E-state index contributed by atoms with van der Waals surface area (Å²) >= 11 is 2.90. The van der Waals surface area contributed by atoms with Crippen molar-refractivity contribution in [2.24, 2.45) is 5.73 Å². The third-order valence-corrected chi connectivity index (χ3v) is 5.42. The van der Waals surface area contributed by atoms with Crippen molar-refractivity contribution in [3.8, 4) is 0 Å². The predicted octanol–water partition coefficient (Wildman–Crippen LogP) is -1.39. The molecule has 320 valence electrons. The number of nitrogens with two attached hydrogens (primary N) is 1. The Kier molecular flexibility index (Phi) is 64.5. The van der Waals surface area contributed by atoms with Crippen molar-refractivity contribution in [1.29, 1.82) is 0 Å². The zero-order valence-electron chi connectivity index (χ0n) is 32.7. The van der Waals surface area contributed by atoms with Crippen LogP contribution < -0.4 is 5.73 Å². The van der Waals surface area contributed by atoms with Crippen LogP contribution >= 0.6 is 15.9 Å². The lowest BCUT2D eigenvalue weighted by Gasteiger charge is -2.12. The maximum Gasteiger partial charge on any atom is 0.319 e. The van der Waals surface area contributed by atoms with E-state index in [1.165, 1.54) is 66.6 Å². The van der Waals surface area contributed by atoms with E-state index in [0.717, 1.165) is 13.0 Å². The molecule has 0 atom stereocenters. The standard InChI is InChI=1S/C7H13NO4.C7H15NO2.C6H11NO4.C6H13NO3.C3H5BrO2.CH5N.CH4.H2O/c1-8(4-6(9)11-2)5-7(10)12-3;1-4-5-8(2)6-7(9)10-3;1-7(3-5(8)9)4-6(10)11-2;1-7(3-4-8)5-6(9)10-2;1-6-3(5)2-4;1-2;;/h4-5H2,1-3H3;4-6H2,1-3H3;3-4H2,1-2H3,(H,8,9);8H,3-5H2,1-2H3;2H2,1H3;2H2,1H3;1H4;1H2/p-1. The monoisotopic (exact) mass is 844 g/mol. The van der Waals surface area contributed by atoms with E-state index >= 15 is 0 Å². The van der Waals surface area contributed by atoms with Crippen molar-refractivity contribution >= 4 is 57.7 Å². The average molecular weight is 846 g/mol. The number of aliphatic carboxylic acids is 1. The quantitative estimate of drug-likeness (QED) is 0.0863. The number of halogens is 1. The highest BCUT2D eigenvalue weighted by Gasteiger charge is 2.10. The molecule has 0 aromatic carbocycles. The molecule has 0 saturated carbocycles. The van der Waals surface area contributed by atoms with Crippen LogP contribution in [0.1, 0.15) is 20.8 Å². The van der Waals surface area contributed by atoms with Crippen molar-refractivity contribution in [3.05, 3.63) is 0 Å². The largest absolute Gasteiger partial charge is 0.870 e. The number of carboxylic acids is 1. The van der Waals surface area contributed by atoms with Crippen molar-refractivity contribution in [1.82, 2.24) is 19.6 Å². The number of aliphatic hydroxyl groups is 1. The Labute approximate surface area is 323 Å². The zero-order valence-corrected chi connectivity index (χ0v) is 34.3. The van der Waals surface area contributed by atoms with Gasteiger partial charge in [-0.15, -0.1) is 0 Å². The number of aliphatic hydroxyl groups excluding tert-OH is 1. The van der Waals surface area contributed by atoms with Gasteiger partial charge in [-0.25, -0.2) is 0 Å². The average Bonchev–Trinajstić information content (AvgIpc) is 3.09. The van der Waals surface area contributed by atoms with Crippen molar-refractivity contribution in [2.75, 3.05) is 142 Å². The van der Waals surface area contributed by atoms with Crippen LogP contribution in [-0.2, 0) is 62.0 Å². The van der Waals surface area contributed by atoms with Gasteiger partial charge in [-0.2, -0.15) is 0 Å². The van der Waals surface area contributed by atoms with Gasteiger partial charge in [0, 0.05) is 6.54 Å². The zero-order chi connectivity index (χ0) is 41.4. The summed E-state index contributed by atoms with van der Waals surface area (Å²) in [5, 5.41) is 17.0. The first-order valence-electron chi connectivity index (χ1n) is 15.0. The number of alkyl halides is 1. The second kappa shape index (κ2) is 50.6. The summed E-state index contributed by atoms with van der Waals surface area (Å²) in [7, 11) is 16.3. The van der Waals surface area contributed by atoms with Crippen LogP contribution in [-0.4, -0.2) is 219 Å². The minimum absolute atomic E-state index is 0. The van der Waals surface area contributed by atoms with Crippen LogP contribution in [0.25, 0.3) is 0 Å². The summed E-state index contributed by atoms with van der Waals surface area (Å²) in [6.07, 6.45) is 1.06. The van der Waals surface area contributed by atoms with Crippen LogP contribution in [0.4, 0.5) is 0 Å². The maximum atomic E-state index is 10.7. The molecule has 0 unspecified atom stereocenters. The van der Waals surface area contributed by atoms with E-state index in [1.54, 1.807) is 19.0 Å². The van der Waals surface area contributed by atoms with Gasteiger partial charge in [0.2, 0.25) is 0 Å². The highest BCUT2D eigenvalue weighted by atomic mass is 79.9. The van der Waals surface area contributed by atoms with E-state index in [0.29, 0.717) is 13.1 Å². The predicted molar refractivity (Wildman–Crippen MR) is 200 cm³/mol. The van der Waals surface area contributed by atoms with E-state index in [9.17, 15) is 33.6 Å². The molecule has 0 rings (SSSR count). The first-order valence-corrected chi connectivity index (χ1v) is 16.1. The summed E-state index contributed by atoms with van der Waals surface area (Å²) in [6.45, 7) is 4.22. The van der Waals surface area contributed by atoms with E-state index in [4.69, 9.17) is 10.2 Å². The van der Waals surface area contributed by atoms with Gasteiger partial charge in [-0.1, -0.05) is 30.3 Å². The molecule has 0 aliphatic rings. The Bertz CT molecular complexity index is 870. The number of methoxy groups -OCH3 is 6. The number of nitrogens with zero attached hydrogens (tertiary/aromatic N) is 4. The molecular weight excluding hydrogens is 778 g/mol. The number of hydrogen-bond donors (Lipinski definition) is 3. The van der Waals surface area contributed by atoms with Gasteiger partial charge in [0.1, 0.15) is 5.33 Å². The fourth-order valence-corrected chi connectivity index (χ4v) is 2.76. The van der Waals surface area contributed by atoms with Crippen LogP contribution in [0.5, 0.6) is 0 Å². The molecular formula is C31H67BrN5O16-. The van der Waals surface area contributed by atoms with Gasteiger partial charge in [0.25, 0.3) is 0 Å². The molecule has 0 bridgehead atoms. The second-order valence-corrected chi connectivity index (χ2v) is 10.1. The minimum Gasteiger partial charge on any atom is -0.870 e. The highest BCUT2D eigenvalue weighted by Crippen LogP contribution is 1.87. The highest BCUT2D eigenvalue weighted by molar-refractivity contribution is 9.09. The molecule has 0 radical (unpaired) electrons. The molecule has 0 fully saturated rings. The normalized spacial score (nSPS) is 8.96. The summed E-state index contributed by atoms with van der Waals surface area (Å²) < 4.78 is 26.2. The molecule has 21 nitrogen and oxygen atoms in total. The molecule has 0 aromatic heterocycles. The number of ether oxygens (including phenoxy) is 6. The van der Waals surface area contributed by atoms with E-state index < -0.39 is 11.9 Å². The van der Waals surface area contributed by atoms with E-state index in [-0.39, 0.29) is 87.4 Å². The van der Waals surface area contributed by atoms with Gasteiger partial charge < -0.3 is 49.8 Å². The first kappa shape index (κ1) is 67.6. The maximum absolute atomic E-state index is 10.7. The molecule has 22 heteroatoms. The van der Waals surface area contributed by atoms with Gasteiger partial charge in [-0.3, -0.25) is 53.2 Å². The first-order chi connectivity index (χ1) is 23.9. The number of carbonyl (C=O) groups excluding carboxylic acids is 6. The lowest BCUT2D eigenvalue weighted by molar-refractivity contribution is -0.146. The fraction of sp³-hybridized carbons (Fsp3) is 0.774. The summed E-state index contributed by atoms with van der Waals surface area (Å²) in [5.74, 6) is -2.84. The van der Waals surface area contributed by atoms with E-state index in [2.05, 4.69) is 57.0 Å². The smallest absolute Gasteiger partial charge is 0.319 e. The number of hydrogen-bond acceptors (Lipinski definition) is 20. The van der Waals surface area contributed by atoms with Gasteiger partial charge in [0.15, 0.2) is 0 Å². The number of carbonyl (C=O) groups is 7. The molecule has 0 amide bonds. The molecule has 0 aliphatic heterocycles. The van der Waals surface area contributed by atoms with Crippen LogP contribution in [0, 0.1) is 0 Å². The van der Waals surface area contributed by atoms with Crippen LogP contribution in [0.2, 0.25) is 0 Å². The lowest BCUT2D eigenvalue weighted by atomic mass is 10.4. The Morgan fingerprint density at radius 2 is 0.774 bits per heavy atom. The van der Waals surface area contributed by atoms with Gasteiger partial charge >= 0.3 is 41.8 Å².